The van der Waals surface area contributed by atoms with E-state index in [1.807, 2.05) is 6.07 Å². The standard InChI is InChI=1S/C16H28N2O/c1-3-15(10-11-19)18-16(4-2,13-17)12-14-8-6-5-7-9-14/h5-9,15,18-19H,3-4,10-13,17H2,1-2H3. The lowest BCUT2D eigenvalue weighted by Crippen LogP contribution is -2.56. The molecule has 0 aliphatic rings. The van der Waals surface area contributed by atoms with Gasteiger partial charge in [0.25, 0.3) is 0 Å². The Labute approximate surface area is 117 Å². The van der Waals surface area contributed by atoms with E-state index in [0.717, 1.165) is 25.7 Å². The third-order valence-corrected chi connectivity index (χ3v) is 3.93. The van der Waals surface area contributed by atoms with Crippen molar-refractivity contribution in [1.82, 2.24) is 5.32 Å². The monoisotopic (exact) mass is 264 g/mol. The summed E-state index contributed by atoms with van der Waals surface area (Å²) in [5.41, 5.74) is 7.27. The van der Waals surface area contributed by atoms with Gasteiger partial charge in [-0.25, -0.2) is 0 Å². The van der Waals surface area contributed by atoms with Crippen LogP contribution < -0.4 is 11.1 Å². The number of nitrogens with one attached hydrogen (secondary N) is 1. The lowest BCUT2D eigenvalue weighted by atomic mass is 9.86. The maximum atomic E-state index is 9.13. The van der Waals surface area contributed by atoms with Crippen LogP contribution in [0.15, 0.2) is 30.3 Å². The number of hydrogen-bond acceptors (Lipinski definition) is 3. The van der Waals surface area contributed by atoms with E-state index < -0.39 is 0 Å². The van der Waals surface area contributed by atoms with Crippen molar-refractivity contribution in [2.75, 3.05) is 13.2 Å². The molecular weight excluding hydrogens is 236 g/mol. The van der Waals surface area contributed by atoms with Gasteiger partial charge in [-0.1, -0.05) is 44.2 Å². The van der Waals surface area contributed by atoms with Gasteiger partial charge in [0.05, 0.1) is 0 Å². The fourth-order valence-electron chi connectivity index (χ4n) is 2.51. The van der Waals surface area contributed by atoms with Gasteiger partial charge in [-0.3, -0.25) is 0 Å². The predicted molar refractivity (Wildman–Crippen MR) is 81.1 cm³/mol. The van der Waals surface area contributed by atoms with E-state index in [1.165, 1.54) is 5.56 Å². The molecule has 0 saturated carbocycles. The molecule has 19 heavy (non-hydrogen) atoms. The highest BCUT2D eigenvalue weighted by Crippen LogP contribution is 2.18. The molecule has 3 heteroatoms. The SMILES string of the molecule is CCC(CCO)NC(CC)(CN)Cc1ccccc1. The van der Waals surface area contributed by atoms with Crippen LogP contribution in [0.4, 0.5) is 0 Å². The molecule has 0 aliphatic heterocycles. The van der Waals surface area contributed by atoms with Crippen molar-refractivity contribution < 1.29 is 5.11 Å². The summed E-state index contributed by atoms with van der Waals surface area (Å²) in [6.45, 7) is 5.16. The molecule has 0 spiro atoms. The Kier molecular flexibility index (Phi) is 7.06. The van der Waals surface area contributed by atoms with Crippen molar-refractivity contribution in [3.05, 3.63) is 35.9 Å². The van der Waals surface area contributed by atoms with Gasteiger partial charge in [-0.2, -0.15) is 0 Å². The lowest BCUT2D eigenvalue weighted by molar-refractivity contribution is 0.220. The predicted octanol–water partition coefficient (Wildman–Crippen LogP) is 2.09. The van der Waals surface area contributed by atoms with Crippen molar-refractivity contribution in [2.24, 2.45) is 5.73 Å². The van der Waals surface area contributed by atoms with E-state index in [4.69, 9.17) is 10.8 Å². The zero-order valence-corrected chi connectivity index (χ0v) is 12.2. The zero-order chi connectivity index (χ0) is 14.1. The number of hydrogen-bond donors (Lipinski definition) is 3. The molecule has 0 amide bonds. The Morgan fingerprint density at radius 1 is 1.26 bits per heavy atom. The first-order valence-corrected chi connectivity index (χ1v) is 7.32. The molecule has 0 aliphatic carbocycles. The number of nitrogens with two attached hydrogens (primary N) is 1. The van der Waals surface area contributed by atoms with Gasteiger partial charge in [0.2, 0.25) is 0 Å². The second kappa shape index (κ2) is 8.31. The van der Waals surface area contributed by atoms with Crippen molar-refractivity contribution in [2.45, 2.75) is 51.1 Å². The Bertz CT molecular complexity index is 336. The fourth-order valence-corrected chi connectivity index (χ4v) is 2.51. The third kappa shape index (κ3) is 4.94. The molecule has 108 valence electrons. The van der Waals surface area contributed by atoms with Gasteiger partial charge >= 0.3 is 0 Å². The minimum absolute atomic E-state index is 0.0722. The van der Waals surface area contributed by atoms with E-state index in [1.54, 1.807) is 0 Å². The minimum atomic E-state index is -0.0722. The second-order valence-corrected chi connectivity index (χ2v) is 5.26. The maximum absolute atomic E-state index is 9.13. The molecule has 2 atom stereocenters. The van der Waals surface area contributed by atoms with Crippen LogP contribution in [0.2, 0.25) is 0 Å². The van der Waals surface area contributed by atoms with Gasteiger partial charge in [0.1, 0.15) is 0 Å². The summed E-state index contributed by atoms with van der Waals surface area (Å²) < 4.78 is 0. The fraction of sp³-hybridized carbons (Fsp3) is 0.625. The summed E-state index contributed by atoms with van der Waals surface area (Å²) in [6, 6.07) is 10.8. The van der Waals surface area contributed by atoms with E-state index in [9.17, 15) is 0 Å². The lowest BCUT2D eigenvalue weighted by Gasteiger charge is -2.37. The summed E-state index contributed by atoms with van der Waals surface area (Å²) >= 11 is 0. The largest absolute Gasteiger partial charge is 0.396 e. The van der Waals surface area contributed by atoms with Crippen LogP contribution in [-0.2, 0) is 6.42 Å². The van der Waals surface area contributed by atoms with Crippen LogP contribution in [-0.4, -0.2) is 29.8 Å². The van der Waals surface area contributed by atoms with Gasteiger partial charge < -0.3 is 16.2 Å². The summed E-state index contributed by atoms with van der Waals surface area (Å²) in [5.74, 6) is 0. The van der Waals surface area contributed by atoms with Gasteiger partial charge in [-0.05, 0) is 31.2 Å². The average Bonchev–Trinajstić information content (AvgIpc) is 2.47. The highest BCUT2D eigenvalue weighted by Gasteiger charge is 2.28. The molecule has 1 aromatic rings. The van der Waals surface area contributed by atoms with E-state index in [0.29, 0.717) is 12.6 Å². The number of rotatable bonds is 9. The molecular formula is C16H28N2O. The molecule has 2 unspecified atom stereocenters. The normalized spacial score (nSPS) is 16.0. The highest BCUT2D eigenvalue weighted by molar-refractivity contribution is 5.18. The number of aliphatic hydroxyl groups excluding tert-OH is 1. The molecule has 0 heterocycles. The van der Waals surface area contributed by atoms with Crippen LogP contribution in [0.25, 0.3) is 0 Å². The molecule has 1 rings (SSSR count). The molecule has 3 nitrogen and oxygen atoms in total. The Morgan fingerprint density at radius 3 is 2.42 bits per heavy atom. The van der Waals surface area contributed by atoms with E-state index in [-0.39, 0.29) is 12.1 Å². The summed E-state index contributed by atoms with van der Waals surface area (Å²) in [5, 5.41) is 12.8. The van der Waals surface area contributed by atoms with Crippen molar-refractivity contribution in [1.29, 1.82) is 0 Å². The molecule has 0 saturated heterocycles. The van der Waals surface area contributed by atoms with Crippen LogP contribution in [0.3, 0.4) is 0 Å². The van der Waals surface area contributed by atoms with Gasteiger partial charge in [0.15, 0.2) is 0 Å². The average molecular weight is 264 g/mol. The molecule has 0 bridgehead atoms. The molecule has 1 aromatic carbocycles. The zero-order valence-electron chi connectivity index (χ0n) is 12.2. The molecule has 0 radical (unpaired) electrons. The quantitative estimate of drug-likeness (QED) is 0.640. The topological polar surface area (TPSA) is 58.3 Å². The van der Waals surface area contributed by atoms with E-state index in [2.05, 4.69) is 43.4 Å². The van der Waals surface area contributed by atoms with Crippen LogP contribution in [0.5, 0.6) is 0 Å². The molecule has 0 fully saturated rings. The minimum Gasteiger partial charge on any atom is -0.396 e. The first-order chi connectivity index (χ1) is 9.19. The van der Waals surface area contributed by atoms with Crippen molar-refractivity contribution >= 4 is 0 Å². The molecule has 0 aromatic heterocycles. The van der Waals surface area contributed by atoms with Crippen LogP contribution in [0.1, 0.15) is 38.7 Å². The summed E-state index contributed by atoms with van der Waals surface area (Å²) in [4.78, 5) is 0. The Hall–Kier alpha value is -0.900. The third-order valence-electron chi connectivity index (χ3n) is 3.93. The van der Waals surface area contributed by atoms with Crippen LogP contribution in [0, 0.1) is 0 Å². The van der Waals surface area contributed by atoms with Gasteiger partial charge in [-0.15, -0.1) is 0 Å². The summed E-state index contributed by atoms with van der Waals surface area (Å²) in [7, 11) is 0. The van der Waals surface area contributed by atoms with Crippen molar-refractivity contribution in [3.8, 4) is 0 Å². The maximum Gasteiger partial charge on any atom is 0.0445 e. The summed E-state index contributed by atoms with van der Waals surface area (Å²) in [6.07, 6.45) is 3.72. The highest BCUT2D eigenvalue weighted by atomic mass is 16.3. The first-order valence-electron chi connectivity index (χ1n) is 7.32. The first kappa shape index (κ1) is 16.2. The van der Waals surface area contributed by atoms with Crippen LogP contribution >= 0.6 is 0 Å². The second-order valence-electron chi connectivity index (χ2n) is 5.26. The smallest absolute Gasteiger partial charge is 0.0445 e. The van der Waals surface area contributed by atoms with Crippen molar-refractivity contribution in [3.63, 3.8) is 0 Å². The number of benzene rings is 1. The Balaban J connectivity index is 2.78. The number of aliphatic hydroxyl groups is 1. The van der Waals surface area contributed by atoms with Gasteiger partial charge in [0, 0.05) is 24.7 Å². The Morgan fingerprint density at radius 2 is 1.95 bits per heavy atom. The van der Waals surface area contributed by atoms with E-state index >= 15 is 0 Å². The molecule has 4 N–H and O–H groups in total.